The molecule has 0 unspecified atom stereocenters. The van der Waals surface area contributed by atoms with Gasteiger partial charge in [-0.2, -0.15) is 0 Å². The minimum Gasteiger partial charge on any atom is -0.506 e. The molecule has 0 fully saturated rings. The molecule has 2 N–H and O–H groups in total. The Balaban J connectivity index is 2.32. The molecule has 7 heteroatoms. The highest BCUT2D eigenvalue weighted by atomic mass is 35.5. The Kier molecular flexibility index (Phi) is 3.86. The van der Waals surface area contributed by atoms with Gasteiger partial charge in [0, 0.05) is 23.4 Å². The minimum atomic E-state index is -0.688. The standard InChI is InChI=1S/C13H9ClN2O4/c14-9-2-3-10(13(18)6-9)15-7-8-1-4-12(17)11(5-8)16(19)20/h1-7,17-18H. The van der Waals surface area contributed by atoms with Gasteiger partial charge in [-0.3, -0.25) is 15.1 Å². The summed E-state index contributed by atoms with van der Waals surface area (Å²) in [7, 11) is 0. The molecule has 0 aliphatic rings. The first kappa shape index (κ1) is 13.8. The van der Waals surface area contributed by atoms with Crippen LogP contribution in [-0.2, 0) is 0 Å². The molecule has 0 amide bonds. The molecule has 20 heavy (non-hydrogen) atoms. The van der Waals surface area contributed by atoms with Crippen molar-refractivity contribution in [2.75, 3.05) is 0 Å². The summed E-state index contributed by atoms with van der Waals surface area (Å²) in [4.78, 5) is 14.0. The van der Waals surface area contributed by atoms with Gasteiger partial charge in [0.2, 0.25) is 0 Å². The molecule has 0 radical (unpaired) electrons. The summed E-state index contributed by atoms with van der Waals surface area (Å²) in [6, 6.07) is 8.29. The molecule has 102 valence electrons. The summed E-state index contributed by atoms with van der Waals surface area (Å²) in [5.41, 5.74) is 0.295. The van der Waals surface area contributed by atoms with Crippen molar-refractivity contribution in [1.82, 2.24) is 0 Å². The Bertz CT molecular complexity index is 701. The first-order valence-electron chi connectivity index (χ1n) is 5.47. The fraction of sp³-hybridized carbons (Fsp3) is 0. The van der Waals surface area contributed by atoms with E-state index in [0.29, 0.717) is 10.6 Å². The topological polar surface area (TPSA) is 96.0 Å². The second-order valence-electron chi connectivity index (χ2n) is 3.90. The van der Waals surface area contributed by atoms with E-state index in [1.807, 2.05) is 0 Å². The van der Waals surface area contributed by atoms with Crippen molar-refractivity contribution in [2.24, 2.45) is 4.99 Å². The van der Waals surface area contributed by atoms with E-state index >= 15 is 0 Å². The predicted molar refractivity (Wildman–Crippen MR) is 75.1 cm³/mol. The molecule has 0 heterocycles. The van der Waals surface area contributed by atoms with E-state index in [1.165, 1.54) is 36.5 Å². The lowest BCUT2D eigenvalue weighted by molar-refractivity contribution is -0.385. The highest BCUT2D eigenvalue weighted by Gasteiger charge is 2.12. The third-order valence-corrected chi connectivity index (χ3v) is 2.72. The molecule has 2 rings (SSSR count). The van der Waals surface area contributed by atoms with Crippen LogP contribution in [0.5, 0.6) is 11.5 Å². The lowest BCUT2D eigenvalue weighted by atomic mass is 10.2. The number of nitrogens with zero attached hydrogens (tertiary/aromatic N) is 2. The second kappa shape index (κ2) is 5.58. The Morgan fingerprint density at radius 3 is 2.55 bits per heavy atom. The van der Waals surface area contributed by atoms with E-state index in [4.69, 9.17) is 11.6 Å². The van der Waals surface area contributed by atoms with Crippen molar-refractivity contribution in [3.63, 3.8) is 0 Å². The van der Waals surface area contributed by atoms with E-state index in [9.17, 15) is 20.3 Å². The molecule has 6 nitrogen and oxygen atoms in total. The van der Waals surface area contributed by atoms with Gasteiger partial charge in [-0.25, -0.2) is 0 Å². The molecule has 0 saturated carbocycles. The molecule has 0 aliphatic heterocycles. The molecular formula is C13H9ClN2O4. The summed E-state index contributed by atoms with van der Waals surface area (Å²) in [6.45, 7) is 0. The van der Waals surface area contributed by atoms with Crippen LogP contribution in [0.3, 0.4) is 0 Å². The molecule has 0 saturated heterocycles. The lowest BCUT2D eigenvalue weighted by Gasteiger charge is -2.00. The molecule has 0 aliphatic carbocycles. The maximum atomic E-state index is 10.7. The van der Waals surface area contributed by atoms with Crippen LogP contribution in [0, 0.1) is 10.1 Å². The summed E-state index contributed by atoms with van der Waals surface area (Å²) in [5, 5.41) is 30.0. The maximum absolute atomic E-state index is 10.7. The zero-order valence-corrected chi connectivity index (χ0v) is 10.8. The Morgan fingerprint density at radius 1 is 1.15 bits per heavy atom. The van der Waals surface area contributed by atoms with Crippen LogP contribution in [0.4, 0.5) is 11.4 Å². The smallest absolute Gasteiger partial charge is 0.311 e. The molecule has 2 aromatic carbocycles. The normalized spacial score (nSPS) is 10.8. The summed E-state index contributed by atoms with van der Waals surface area (Å²) in [6.07, 6.45) is 1.34. The number of phenolic OH excluding ortho intramolecular Hbond substituents is 2. The van der Waals surface area contributed by atoms with E-state index < -0.39 is 16.4 Å². The van der Waals surface area contributed by atoms with E-state index in [-0.39, 0.29) is 11.4 Å². The summed E-state index contributed by atoms with van der Waals surface area (Å²) < 4.78 is 0. The van der Waals surface area contributed by atoms with Crippen molar-refractivity contribution >= 4 is 29.2 Å². The van der Waals surface area contributed by atoms with Crippen LogP contribution >= 0.6 is 11.6 Å². The number of aromatic hydroxyl groups is 2. The van der Waals surface area contributed by atoms with Gasteiger partial charge in [0.25, 0.3) is 0 Å². The van der Waals surface area contributed by atoms with Crippen molar-refractivity contribution < 1.29 is 15.1 Å². The van der Waals surface area contributed by atoms with Gasteiger partial charge < -0.3 is 10.2 Å². The van der Waals surface area contributed by atoms with Gasteiger partial charge in [-0.1, -0.05) is 11.6 Å². The Labute approximate surface area is 118 Å². The number of nitro groups is 1. The number of aliphatic imine (C=N–C) groups is 1. The number of nitro benzene ring substituents is 1. The average Bonchev–Trinajstić information content (AvgIpc) is 2.39. The Hall–Kier alpha value is -2.60. The van der Waals surface area contributed by atoms with E-state index in [2.05, 4.69) is 4.99 Å². The molecule has 0 aromatic heterocycles. The molecule has 0 bridgehead atoms. The predicted octanol–water partition coefficient (Wildman–Crippen LogP) is 3.41. The molecular weight excluding hydrogens is 284 g/mol. The highest BCUT2D eigenvalue weighted by molar-refractivity contribution is 6.30. The van der Waals surface area contributed by atoms with Crippen LogP contribution in [0.2, 0.25) is 5.02 Å². The van der Waals surface area contributed by atoms with Crippen LogP contribution in [0.1, 0.15) is 5.56 Å². The van der Waals surface area contributed by atoms with Crippen LogP contribution < -0.4 is 0 Å². The van der Waals surface area contributed by atoms with Crippen LogP contribution in [0.25, 0.3) is 0 Å². The Morgan fingerprint density at radius 2 is 1.90 bits per heavy atom. The van der Waals surface area contributed by atoms with Gasteiger partial charge >= 0.3 is 5.69 Å². The van der Waals surface area contributed by atoms with Gasteiger partial charge in [-0.05, 0) is 29.8 Å². The first-order valence-corrected chi connectivity index (χ1v) is 5.85. The molecule has 0 spiro atoms. The van der Waals surface area contributed by atoms with Crippen molar-refractivity contribution in [1.29, 1.82) is 0 Å². The van der Waals surface area contributed by atoms with Gasteiger partial charge in [0.1, 0.15) is 11.4 Å². The first-order chi connectivity index (χ1) is 9.47. The minimum absolute atomic E-state index is 0.0953. The number of rotatable bonds is 3. The van der Waals surface area contributed by atoms with Crippen molar-refractivity contribution in [3.8, 4) is 11.5 Å². The maximum Gasteiger partial charge on any atom is 0.311 e. The van der Waals surface area contributed by atoms with Crippen molar-refractivity contribution in [2.45, 2.75) is 0 Å². The van der Waals surface area contributed by atoms with Gasteiger partial charge in [0.15, 0.2) is 5.75 Å². The monoisotopic (exact) mass is 292 g/mol. The van der Waals surface area contributed by atoms with Crippen LogP contribution in [0.15, 0.2) is 41.4 Å². The van der Waals surface area contributed by atoms with E-state index in [1.54, 1.807) is 6.07 Å². The van der Waals surface area contributed by atoms with Crippen LogP contribution in [-0.4, -0.2) is 21.4 Å². The third kappa shape index (κ3) is 3.04. The molecule has 0 atom stereocenters. The number of hydrogen-bond donors (Lipinski definition) is 2. The van der Waals surface area contributed by atoms with Gasteiger partial charge in [0.05, 0.1) is 4.92 Å². The summed E-state index contributed by atoms with van der Waals surface area (Å²) >= 11 is 5.69. The third-order valence-electron chi connectivity index (χ3n) is 2.49. The zero-order chi connectivity index (χ0) is 14.7. The van der Waals surface area contributed by atoms with Crippen molar-refractivity contribution in [3.05, 3.63) is 57.1 Å². The summed E-state index contributed by atoms with van der Waals surface area (Å²) in [5.74, 6) is -0.511. The number of halogens is 1. The fourth-order valence-electron chi connectivity index (χ4n) is 1.52. The fourth-order valence-corrected chi connectivity index (χ4v) is 1.68. The number of hydrogen-bond acceptors (Lipinski definition) is 5. The molecule has 2 aromatic rings. The second-order valence-corrected chi connectivity index (χ2v) is 4.33. The average molecular weight is 293 g/mol. The van der Waals surface area contributed by atoms with E-state index in [0.717, 1.165) is 0 Å². The lowest BCUT2D eigenvalue weighted by Crippen LogP contribution is -1.90. The SMILES string of the molecule is O=[N+]([O-])c1cc(C=Nc2ccc(Cl)cc2O)ccc1O. The zero-order valence-electron chi connectivity index (χ0n) is 10.0. The van der Waals surface area contributed by atoms with Gasteiger partial charge in [-0.15, -0.1) is 0 Å². The highest BCUT2D eigenvalue weighted by Crippen LogP contribution is 2.30. The largest absolute Gasteiger partial charge is 0.506 e. The number of benzene rings is 2. The number of phenols is 2. The quantitative estimate of drug-likeness (QED) is 0.515.